The van der Waals surface area contributed by atoms with Gasteiger partial charge in [-0.05, 0) is 31.9 Å². The molecule has 0 saturated heterocycles. The van der Waals surface area contributed by atoms with Crippen LogP contribution in [0.15, 0.2) is 23.1 Å². The zero-order chi connectivity index (χ0) is 18.7. The Morgan fingerprint density at radius 1 is 1.20 bits per heavy atom. The van der Waals surface area contributed by atoms with Crippen molar-refractivity contribution in [3.8, 4) is 5.75 Å². The summed E-state index contributed by atoms with van der Waals surface area (Å²) in [5.41, 5.74) is 5.08. The topological polar surface area (TPSA) is 128 Å². The smallest absolute Gasteiger partial charge is 0.243 e. The number of nitrogens with one attached hydrogen (secondary N) is 2. The maximum Gasteiger partial charge on any atom is 0.243 e. The molecular formula is C15H25N3O5S2. The lowest BCUT2D eigenvalue weighted by atomic mass is 10.0. The molecule has 142 valence electrons. The predicted octanol–water partition coefficient (Wildman–Crippen LogP) is 1.01. The van der Waals surface area contributed by atoms with E-state index in [0.717, 1.165) is 12.8 Å². The van der Waals surface area contributed by atoms with Crippen molar-refractivity contribution in [3.05, 3.63) is 18.2 Å². The molecule has 1 saturated carbocycles. The minimum atomic E-state index is -3.96. The van der Waals surface area contributed by atoms with Crippen LogP contribution >= 0.6 is 0 Å². The van der Waals surface area contributed by atoms with Crippen LogP contribution in [0.25, 0.3) is 0 Å². The first-order chi connectivity index (χ1) is 11.7. The molecule has 0 aromatic heterocycles. The number of hydrogen-bond donors (Lipinski definition) is 3. The SMILES string of the molecule is CCS(=O)(=O)Nc1cc(OC)ccc1S(=O)(=O)NC1(CN)CCCC1. The number of benzene rings is 1. The van der Waals surface area contributed by atoms with Gasteiger partial charge >= 0.3 is 0 Å². The first kappa shape index (κ1) is 20.0. The molecule has 0 atom stereocenters. The lowest BCUT2D eigenvalue weighted by Crippen LogP contribution is -2.51. The van der Waals surface area contributed by atoms with Gasteiger partial charge in [-0.25, -0.2) is 21.6 Å². The summed E-state index contributed by atoms with van der Waals surface area (Å²) in [6.07, 6.45) is 3.12. The lowest BCUT2D eigenvalue weighted by molar-refractivity contribution is 0.399. The quantitative estimate of drug-likeness (QED) is 0.607. The van der Waals surface area contributed by atoms with Crippen LogP contribution in [-0.4, -0.2) is 41.8 Å². The highest BCUT2D eigenvalue weighted by atomic mass is 32.2. The van der Waals surface area contributed by atoms with Crippen molar-refractivity contribution in [3.63, 3.8) is 0 Å². The Labute approximate surface area is 149 Å². The Hall–Kier alpha value is -1.36. The molecule has 8 nitrogen and oxygen atoms in total. The molecule has 0 bridgehead atoms. The van der Waals surface area contributed by atoms with E-state index < -0.39 is 25.6 Å². The second-order valence-corrected chi connectivity index (χ2v) is 9.83. The molecule has 0 spiro atoms. The van der Waals surface area contributed by atoms with Gasteiger partial charge in [-0.1, -0.05) is 12.8 Å². The van der Waals surface area contributed by atoms with E-state index in [1.54, 1.807) is 0 Å². The van der Waals surface area contributed by atoms with Crippen LogP contribution < -0.4 is 19.9 Å². The molecule has 1 aromatic rings. The zero-order valence-corrected chi connectivity index (χ0v) is 16.0. The third-order valence-corrected chi connectivity index (χ3v) is 7.35. The average molecular weight is 392 g/mol. The Morgan fingerprint density at radius 3 is 2.36 bits per heavy atom. The van der Waals surface area contributed by atoms with Gasteiger partial charge in [0.25, 0.3) is 0 Å². The molecule has 0 heterocycles. The molecule has 0 aliphatic heterocycles. The van der Waals surface area contributed by atoms with Gasteiger partial charge in [0, 0.05) is 18.2 Å². The zero-order valence-electron chi connectivity index (χ0n) is 14.4. The van der Waals surface area contributed by atoms with Crippen LogP contribution in [0.1, 0.15) is 32.6 Å². The van der Waals surface area contributed by atoms with Gasteiger partial charge in [0.15, 0.2) is 0 Å². The molecule has 25 heavy (non-hydrogen) atoms. The molecule has 4 N–H and O–H groups in total. The molecule has 1 aliphatic rings. The first-order valence-electron chi connectivity index (χ1n) is 8.09. The number of methoxy groups -OCH3 is 1. The summed E-state index contributed by atoms with van der Waals surface area (Å²) in [6, 6.07) is 4.15. The monoisotopic (exact) mass is 391 g/mol. The van der Waals surface area contributed by atoms with Crippen molar-refractivity contribution in [2.45, 2.75) is 43.0 Å². The van der Waals surface area contributed by atoms with Gasteiger partial charge < -0.3 is 10.5 Å². The van der Waals surface area contributed by atoms with Crippen molar-refractivity contribution in [2.75, 3.05) is 24.1 Å². The van der Waals surface area contributed by atoms with Crippen LogP contribution in [0.2, 0.25) is 0 Å². The summed E-state index contributed by atoms with van der Waals surface area (Å²) in [5.74, 6) is 0.172. The molecule has 0 unspecified atom stereocenters. The third-order valence-electron chi connectivity index (χ3n) is 4.42. The van der Waals surface area contributed by atoms with E-state index in [1.165, 1.54) is 32.2 Å². The third kappa shape index (κ3) is 4.63. The molecule has 1 aromatic carbocycles. The summed E-state index contributed by atoms with van der Waals surface area (Å²) < 4.78 is 59.7. The molecular weight excluding hydrogens is 366 g/mol. The molecule has 1 fully saturated rings. The van der Waals surface area contributed by atoms with E-state index in [0.29, 0.717) is 18.6 Å². The fourth-order valence-corrected chi connectivity index (χ4v) is 5.26. The highest BCUT2D eigenvalue weighted by molar-refractivity contribution is 7.93. The predicted molar refractivity (Wildman–Crippen MR) is 96.7 cm³/mol. The van der Waals surface area contributed by atoms with E-state index in [4.69, 9.17) is 10.5 Å². The van der Waals surface area contributed by atoms with E-state index in [2.05, 4.69) is 9.44 Å². The van der Waals surface area contributed by atoms with Gasteiger partial charge in [0.2, 0.25) is 20.0 Å². The second kappa shape index (κ2) is 7.48. The van der Waals surface area contributed by atoms with Gasteiger partial charge in [-0.3, -0.25) is 4.72 Å². The number of nitrogens with two attached hydrogens (primary N) is 1. The molecule has 0 amide bonds. The summed E-state index contributed by atoms with van der Waals surface area (Å²) >= 11 is 0. The van der Waals surface area contributed by atoms with Crippen molar-refractivity contribution in [1.82, 2.24) is 4.72 Å². The van der Waals surface area contributed by atoms with Crippen molar-refractivity contribution in [1.29, 1.82) is 0 Å². The summed E-state index contributed by atoms with van der Waals surface area (Å²) in [5, 5.41) is 0. The number of rotatable bonds is 8. The summed E-state index contributed by atoms with van der Waals surface area (Å²) in [6.45, 7) is 1.66. The molecule has 2 rings (SSSR count). The van der Waals surface area contributed by atoms with Gasteiger partial charge in [0.05, 0.1) is 18.6 Å². The van der Waals surface area contributed by atoms with Crippen molar-refractivity contribution >= 4 is 25.7 Å². The van der Waals surface area contributed by atoms with E-state index in [9.17, 15) is 16.8 Å². The number of hydrogen-bond acceptors (Lipinski definition) is 6. The Morgan fingerprint density at radius 2 is 1.84 bits per heavy atom. The Balaban J connectivity index is 2.45. The van der Waals surface area contributed by atoms with Crippen LogP contribution in [0.3, 0.4) is 0 Å². The fourth-order valence-electron chi connectivity index (χ4n) is 2.93. The number of ether oxygens (including phenoxy) is 1. The van der Waals surface area contributed by atoms with E-state index in [1.807, 2.05) is 0 Å². The summed E-state index contributed by atoms with van der Waals surface area (Å²) in [4.78, 5) is -0.148. The van der Waals surface area contributed by atoms with E-state index >= 15 is 0 Å². The maximum absolute atomic E-state index is 12.9. The minimum absolute atomic E-state index is 0.0427. The Bertz CT molecular complexity index is 816. The lowest BCUT2D eigenvalue weighted by Gasteiger charge is -2.28. The molecule has 10 heteroatoms. The highest BCUT2D eigenvalue weighted by Gasteiger charge is 2.37. The summed E-state index contributed by atoms with van der Waals surface area (Å²) in [7, 11) is -6.20. The minimum Gasteiger partial charge on any atom is -0.497 e. The van der Waals surface area contributed by atoms with E-state index in [-0.39, 0.29) is 22.9 Å². The number of anilines is 1. The maximum atomic E-state index is 12.9. The van der Waals surface area contributed by atoms with Crippen LogP contribution in [0, 0.1) is 0 Å². The van der Waals surface area contributed by atoms with Crippen molar-refractivity contribution in [2.24, 2.45) is 5.73 Å². The second-order valence-electron chi connectivity index (χ2n) is 6.16. The van der Waals surface area contributed by atoms with Crippen LogP contribution in [0.4, 0.5) is 5.69 Å². The average Bonchev–Trinajstić information content (AvgIpc) is 3.02. The first-order valence-corrected chi connectivity index (χ1v) is 11.2. The normalized spacial score (nSPS) is 17.4. The van der Waals surface area contributed by atoms with Gasteiger partial charge in [-0.15, -0.1) is 0 Å². The molecule has 0 radical (unpaired) electrons. The molecule has 1 aliphatic carbocycles. The fraction of sp³-hybridized carbons (Fsp3) is 0.600. The number of sulfonamides is 2. The highest BCUT2D eigenvalue weighted by Crippen LogP contribution is 2.33. The van der Waals surface area contributed by atoms with Crippen LogP contribution in [0.5, 0.6) is 5.75 Å². The van der Waals surface area contributed by atoms with Crippen LogP contribution in [-0.2, 0) is 20.0 Å². The van der Waals surface area contributed by atoms with Gasteiger partial charge in [-0.2, -0.15) is 0 Å². The van der Waals surface area contributed by atoms with Gasteiger partial charge in [0.1, 0.15) is 10.6 Å². The largest absolute Gasteiger partial charge is 0.497 e. The Kier molecular flexibility index (Phi) is 5.97. The standard InChI is InChI=1S/C15H25N3O5S2/c1-3-24(19,20)17-13-10-12(23-2)6-7-14(13)25(21,22)18-15(11-16)8-4-5-9-15/h6-7,10,17-18H,3-5,8-9,11,16H2,1-2H3. The van der Waals surface area contributed by atoms with Crippen molar-refractivity contribution < 1.29 is 21.6 Å².